The van der Waals surface area contributed by atoms with Gasteiger partial charge in [0.25, 0.3) is 0 Å². The zero-order valence-electron chi connectivity index (χ0n) is 16.7. The summed E-state index contributed by atoms with van der Waals surface area (Å²) in [6.07, 6.45) is 0.0892. The molecule has 0 fully saturated rings. The molecular weight excluding hydrogens is 393 g/mol. The number of para-hydroxylation sites is 1. The molecule has 1 aliphatic rings. The highest BCUT2D eigenvalue weighted by atomic mass is 35.5. The van der Waals surface area contributed by atoms with Crippen LogP contribution in [0.1, 0.15) is 37.7 Å². The molecule has 3 aromatic rings. The number of halogens is 2. The Hall–Kier alpha value is -2.60. The molecule has 0 radical (unpaired) electrons. The fourth-order valence-electron chi connectivity index (χ4n) is 3.59. The van der Waals surface area contributed by atoms with E-state index < -0.39 is 5.60 Å². The molecule has 7 heteroatoms. The normalized spacial score (nSPS) is 14.2. The predicted molar refractivity (Wildman–Crippen MR) is 111 cm³/mol. The van der Waals surface area contributed by atoms with Crippen molar-refractivity contribution < 1.29 is 13.9 Å². The summed E-state index contributed by atoms with van der Waals surface area (Å²) in [5.41, 5.74) is 2.81. The van der Waals surface area contributed by atoms with Gasteiger partial charge in [0, 0.05) is 24.5 Å². The molecule has 0 atom stereocenters. The van der Waals surface area contributed by atoms with E-state index in [4.69, 9.17) is 21.3 Å². The van der Waals surface area contributed by atoms with Gasteiger partial charge in [-0.3, -0.25) is 4.90 Å². The molecule has 1 aromatic heterocycles. The number of hydrogen-bond donors (Lipinski definition) is 0. The van der Waals surface area contributed by atoms with E-state index in [9.17, 15) is 9.18 Å². The number of benzene rings is 2. The molecule has 0 unspecified atom stereocenters. The molecule has 0 N–H and O–H groups in total. The summed E-state index contributed by atoms with van der Waals surface area (Å²) in [5, 5.41) is 0.379. The van der Waals surface area contributed by atoms with Crippen LogP contribution < -0.4 is 0 Å². The minimum absolute atomic E-state index is 0.324. The maximum atomic E-state index is 14.3. The average Bonchev–Trinajstić information content (AvgIpc) is 3.01. The lowest BCUT2D eigenvalue weighted by Gasteiger charge is -2.30. The molecule has 1 amide bonds. The summed E-state index contributed by atoms with van der Waals surface area (Å²) < 4.78 is 21.9. The summed E-state index contributed by atoms with van der Waals surface area (Å²) in [7, 11) is 0. The number of hydrogen-bond acceptors (Lipinski definition) is 3. The summed E-state index contributed by atoms with van der Waals surface area (Å²) in [6.45, 7) is 7.15. The van der Waals surface area contributed by atoms with E-state index in [1.807, 2.05) is 39.0 Å². The first-order valence-electron chi connectivity index (χ1n) is 9.60. The van der Waals surface area contributed by atoms with Crippen molar-refractivity contribution >= 4 is 28.7 Å². The highest BCUT2D eigenvalue weighted by molar-refractivity contribution is 6.30. The van der Waals surface area contributed by atoms with Gasteiger partial charge in [-0.05, 0) is 50.1 Å². The Morgan fingerprint density at radius 1 is 1.21 bits per heavy atom. The van der Waals surface area contributed by atoms with E-state index in [0.717, 1.165) is 22.4 Å². The molecule has 0 spiro atoms. The van der Waals surface area contributed by atoms with Gasteiger partial charge in [0.15, 0.2) is 0 Å². The first-order chi connectivity index (χ1) is 13.7. The van der Waals surface area contributed by atoms with Gasteiger partial charge in [0.05, 0.1) is 17.6 Å². The number of fused-ring (bicyclic) bond motifs is 3. The van der Waals surface area contributed by atoms with Crippen LogP contribution in [0.3, 0.4) is 0 Å². The Morgan fingerprint density at radius 3 is 2.72 bits per heavy atom. The number of carbonyl (C=O) groups is 1. The Balaban J connectivity index is 1.64. The Morgan fingerprint density at radius 2 is 2.00 bits per heavy atom. The van der Waals surface area contributed by atoms with Crippen molar-refractivity contribution in [3.8, 4) is 0 Å². The third-order valence-corrected chi connectivity index (χ3v) is 5.15. The first-order valence-corrected chi connectivity index (χ1v) is 9.98. The second-order valence-corrected chi connectivity index (χ2v) is 8.72. The van der Waals surface area contributed by atoms with E-state index in [0.29, 0.717) is 36.6 Å². The molecule has 0 saturated heterocycles. The van der Waals surface area contributed by atoms with Crippen molar-refractivity contribution in [2.45, 2.75) is 45.9 Å². The van der Waals surface area contributed by atoms with E-state index >= 15 is 0 Å². The van der Waals surface area contributed by atoms with Gasteiger partial charge in [-0.15, -0.1) is 0 Å². The van der Waals surface area contributed by atoms with Crippen LogP contribution in [0.4, 0.5) is 9.18 Å². The fraction of sp³-hybridized carbons (Fsp3) is 0.364. The Kier molecular flexibility index (Phi) is 4.99. The number of imidazole rings is 1. The van der Waals surface area contributed by atoms with E-state index in [1.165, 1.54) is 6.07 Å². The lowest BCUT2D eigenvalue weighted by Crippen LogP contribution is -2.41. The lowest BCUT2D eigenvalue weighted by atomic mass is 10.0. The molecule has 1 aliphatic heterocycles. The molecule has 2 heterocycles. The smallest absolute Gasteiger partial charge is 0.410 e. The second kappa shape index (κ2) is 7.34. The quantitative estimate of drug-likeness (QED) is 0.580. The summed E-state index contributed by atoms with van der Waals surface area (Å²) in [6, 6.07) is 10.7. The lowest BCUT2D eigenvalue weighted by molar-refractivity contribution is 0.0196. The molecule has 29 heavy (non-hydrogen) atoms. The SMILES string of the molecule is CC(C)(C)OC(=O)N1CCn2c(nc3c(Cc4ccc(Cl)cc4F)cccc32)C1. The molecule has 5 nitrogen and oxygen atoms in total. The third kappa shape index (κ3) is 4.08. The minimum atomic E-state index is -0.537. The summed E-state index contributed by atoms with van der Waals surface area (Å²) >= 11 is 5.86. The van der Waals surface area contributed by atoms with Gasteiger partial charge in [0.2, 0.25) is 0 Å². The van der Waals surface area contributed by atoms with Crippen molar-refractivity contribution in [1.29, 1.82) is 0 Å². The molecule has 2 aromatic carbocycles. The number of ether oxygens (including phenoxy) is 1. The third-order valence-electron chi connectivity index (χ3n) is 4.92. The van der Waals surface area contributed by atoms with Crippen molar-refractivity contribution in [2.24, 2.45) is 0 Å². The minimum Gasteiger partial charge on any atom is -0.444 e. The van der Waals surface area contributed by atoms with E-state index in [1.54, 1.807) is 17.0 Å². The highest BCUT2D eigenvalue weighted by Crippen LogP contribution is 2.27. The van der Waals surface area contributed by atoms with Crippen LogP contribution in [0, 0.1) is 5.82 Å². The second-order valence-electron chi connectivity index (χ2n) is 8.28. The van der Waals surface area contributed by atoms with Crippen molar-refractivity contribution in [3.63, 3.8) is 0 Å². The highest BCUT2D eigenvalue weighted by Gasteiger charge is 2.28. The van der Waals surface area contributed by atoms with Crippen LogP contribution in [-0.2, 0) is 24.2 Å². The molecule has 0 saturated carbocycles. The van der Waals surface area contributed by atoms with Crippen molar-refractivity contribution in [1.82, 2.24) is 14.5 Å². The predicted octanol–water partition coefficient (Wildman–Crippen LogP) is 5.17. The van der Waals surface area contributed by atoms with Gasteiger partial charge in [-0.1, -0.05) is 29.8 Å². The number of carbonyl (C=O) groups excluding carboxylic acids is 1. The van der Waals surface area contributed by atoms with E-state index in [-0.39, 0.29) is 11.9 Å². The van der Waals surface area contributed by atoms with Gasteiger partial charge in [-0.25, -0.2) is 14.2 Å². The van der Waals surface area contributed by atoms with Crippen LogP contribution in [0.25, 0.3) is 11.0 Å². The van der Waals surface area contributed by atoms with Crippen molar-refractivity contribution in [3.05, 3.63) is 64.2 Å². The number of nitrogens with zero attached hydrogens (tertiary/aromatic N) is 3. The van der Waals surface area contributed by atoms with Crippen LogP contribution >= 0.6 is 11.6 Å². The summed E-state index contributed by atoms with van der Waals surface area (Å²) in [5.74, 6) is 0.482. The molecule has 0 aliphatic carbocycles. The van der Waals surface area contributed by atoms with Crippen molar-refractivity contribution in [2.75, 3.05) is 6.54 Å². The van der Waals surface area contributed by atoms with E-state index in [2.05, 4.69) is 4.57 Å². The zero-order valence-corrected chi connectivity index (χ0v) is 17.5. The fourth-order valence-corrected chi connectivity index (χ4v) is 3.75. The molecule has 0 bridgehead atoms. The number of aromatic nitrogens is 2. The Bertz CT molecular complexity index is 1090. The first kappa shape index (κ1) is 19.7. The van der Waals surface area contributed by atoms with Gasteiger partial charge in [-0.2, -0.15) is 0 Å². The average molecular weight is 416 g/mol. The molecular formula is C22H23ClFN3O2. The maximum Gasteiger partial charge on any atom is 0.410 e. The molecule has 152 valence electrons. The Labute approximate surface area is 174 Å². The van der Waals surface area contributed by atoms with Gasteiger partial charge < -0.3 is 9.30 Å². The van der Waals surface area contributed by atoms with Gasteiger partial charge >= 0.3 is 6.09 Å². The topological polar surface area (TPSA) is 47.4 Å². The van der Waals surface area contributed by atoms with Crippen LogP contribution in [0.5, 0.6) is 0 Å². The zero-order chi connectivity index (χ0) is 20.8. The standard InChI is InChI=1S/C22H23ClFN3O2/c1-22(2,3)29-21(28)26-9-10-27-18-6-4-5-15(20(18)25-19(27)13-26)11-14-7-8-16(23)12-17(14)24/h4-8,12H,9-11,13H2,1-3H3. The molecule has 4 rings (SSSR count). The summed E-state index contributed by atoms with van der Waals surface area (Å²) in [4.78, 5) is 18.9. The number of amides is 1. The van der Waals surface area contributed by atoms with Crippen LogP contribution in [0.15, 0.2) is 36.4 Å². The largest absolute Gasteiger partial charge is 0.444 e. The monoisotopic (exact) mass is 415 g/mol. The number of rotatable bonds is 2. The van der Waals surface area contributed by atoms with Crippen LogP contribution in [-0.4, -0.2) is 32.7 Å². The maximum absolute atomic E-state index is 14.3. The van der Waals surface area contributed by atoms with Gasteiger partial charge in [0.1, 0.15) is 17.2 Å². The van der Waals surface area contributed by atoms with Crippen LogP contribution in [0.2, 0.25) is 5.02 Å².